The summed E-state index contributed by atoms with van der Waals surface area (Å²) in [6.07, 6.45) is 0.911. The Morgan fingerprint density at radius 2 is 2.06 bits per heavy atom. The second-order valence-electron chi connectivity index (χ2n) is 3.88. The van der Waals surface area contributed by atoms with E-state index in [1.807, 2.05) is 23.6 Å². The number of halogens is 1. The van der Waals surface area contributed by atoms with Crippen LogP contribution >= 0.6 is 27.3 Å². The van der Waals surface area contributed by atoms with Crippen LogP contribution in [-0.2, 0) is 6.42 Å². The summed E-state index contributed by atoms with van der Waals surface area (Å²) in [5.74, 6) is 1.84. The molecule has 18 heavy (non-hydrogen) atoms. The van der Waals surface area contributed by atoms with E-state index in [1.165, 1.54) is 10.4 Å². The average Bonchev–Trinajstić information content (AvgIpc) is 2.87. The SMILES string of the molecule is COc1cccc(CC(Br)c2sccc2OC)c1. The summed E-state index contributed by atoms with van der Waals surface area (Å²) < 4.78 is 10.6. The van der Waals surface area contributed by atoms with Crippen molar-refractivity contribution in [3.63, 3.8) is 0 Å². The smallest absolute Gasteiger partial charge is 0.133 e. The zero-order valence-corrected chi connectivity index (χ0v) is 12.8. The van der Waals surface area contributed by atoms with E-state index in [-0.39, 0.29) is 4.83 Å². The van der Waals surface area contributed by atoms with Gasteiger partial charge in [0.05, 0.1) is 23.9 Å². The molecule has 2 aromatic rings. The molecular formula is C14H15BrO2S. The van der Waals surface area contributed by atoms with Gasteiger partial charge in [-0.05, 0) is 35.6 Å². The van der Waals surface area contributed by atoms with Crippen LogP contribution in [0, 0.1) is 0 Å². The fourth-order valence-corrected chi connectivity index (χ4v) is 3.57. The molecule has 0 saturated heterocycles. The number of hydrogen-bond acceptors (Lipinski definition) is 3. The van der Waals surface area contributed by atoms with Gasteiger partial charge in [-0.25, -0.2) is 0 Å². The Morgan fingerprint density at radius 1 is 1.22 bits per heavy atom. The maximum Gasteiger partial charge on any atom is 0.133 e. The zero-order chi connectivity index (χ0) is 13.0. The Balaban J connectivity index is 2.13. The summed E-state index contributed by atoms with van der Waals surface area (Å²) in [5.41, 5.74) is 1.24. The molecule has 0 amide bonds. The number of ether oxygens (including phenoxy) is 2. The lowest BCUT2D eigenvalue weighted by molar-refractivity contribution is 0.411. The first-order chi connectivity index (χ1) is 8.74. The maximum atomic E-state index is 5.34. The van der Waals surface area contributed by atoms with Crippen molar-refractivity contribution < 1.29 is 9.47 Å². The molecule has 1 heterocycles. The molecule has 0 aliphatic rings. The molecule has 1 atom stereocenters. The summed E-state index contributed by atoms with van der Waals surface area (Å²) in [7, 11) is 3.39. The third-order valence-electron chi connectivity index (χ3n) is 2.71. The molecule has 0 saturated carbocycles. The molecule has 0 spiro atoms. The molecule has 4 heteroatoms. The minimum absolute atomic E-state index is 0.263. The van der Waals surface area contributed by atoms with Crippen LogP contribution in [0.5, 0.6) is 11.5 Å². The molecule has 2 rings (SSSR count). The zero-order valence-electron chi connectivity index (χ0n) is 10.4. The van der Waals surface area contributed by atoms with E-state index < -0.39 is 0 Å². The lowest BCUT2D eigenvalue weighted by atomic mass is 10.1. The number of methoxy groups -OCH3 is 2. The summed E-state index contributed by atoms with van der Waals surface area (Å²) in [5, 5.41) is 2.05. The van der Waals surface area contributed by atoms with E-state index >= 15 is 0 Å². The standard InChI is InChI=1S/C14H15BrO2S/c1-16-11-5-3-4-10(8-11)9-12(15)14-13(17-2)6-7-18-14/h3-8,12H,9H2,1-2H3. The molecule has 0 aliphatic carbocycles. The van der Waals surface area contributed by atoms with Crippen LogP contribution in [-0.4, -0.2) is 14.2 Å². The predicted octanol–water partition coefficient (Wildman–Crippen LogP) is 4.44. The Kier molecular flexibility index (Phi) is 4.66. The normalized spacial score (nSPS) is 12.2. The molecule has 0 aliphatic heterocycles. The molecule has 96 valence electrons. The fraction of sp³-hybridized carbons (Fsp3) is 0.286. The van der Waals surface area contributed by atoms with Crippen LogP contribution in [0.3, 0.4) is 0 Å². The summed E-state index contributed by atoms with van der Waals surface area (Å²) in [6, 6.07) is 10.1. The second kappa shape index (κ2) is 6.25. The van der Waals surface area contributed by atoms with Crippen molar-refractivity contribution in [2.45, 2.75) is 11.2 Å². The van der Waals surface area contributed by atoms with Crippen molar-refractivity contribution in [2.24, 2.45) is 0 Å². The summed E-state index contributed by atoms with van der Waals surface area (Å²) in [4.78, 5) is 1.49. The number of benzene rings is 1. The van der Waals surface area contributed by atoms with Crippen molar-refractivity contribution in [2.75, 3.05) is 14.2 Å². The van der Waals surface area contributed by atoms with Gasteiger partial charge in [0.1, 0.15) is 11.5 Å². The monoisotopic (exact) mass is 326 g/mol. The summed E-state index contributed by atoms with van der Waals surface area (Å²) in [6.45, 7) is 0. The van der Waals surface area contributed by atoms with E-state index in [9.17, 15) is 0 Å². The highest BCUT2D eigenvalue weighted by atomic mass is 79.9. The molecule has 0 fully saturated rings. The van der Waals surface area contributed by atoms with Gasteiger partial charge in [-0.2, -0.15) is 0 Å². The minimum atomic E-state index is 0.263. The molecule has 0 bridgehead atoms. The van der Waals surface area contributed by atoms with Gasteiger partial charge in [-0.1, -0.05) is 28.1 Å². The Morgan fingerprint density at radius 3 is 2.78 bits per heavy atom. The lowest BCUT2D eigenvalue weighted by Crippen LogP contribution is -1.96. The highest BCUT2D eigenvalue weighted by Gasteiger charge is 2.15. The number of hydrogen-bond donors (Lipinski definition) is 0. The molecule has 0 radical (unpaired) electrons. The van der Waals surface area contributed by atoms with Crippen molar-refractivity contribution >= 4 is 27.3 Å². The molecule has 1 unspecified atom stereocenters. The van der Waals surface area contributed by atoms with Gasteiger partial charge in [0.15, 0.2) is 0 Å². The van der Waals surface area contributed by atoms with E-state index in [0.29, 0.717) is 0 Å². The topological polar surface area (TPSA) is 18.5 Å². The predicted molar refractivity (Wildman–Crippen MR) is 79.2 cm³/mol. The van der Waals surface area contributed by atoms with Crippen molar-refractivity contribution in [1.29, 1.82) is 0 Å². The molecule has 0 N–H and O–H groups in total. The third-order valence-corrected chi connectivity index (χ3v) is 4.81. The van der Waals surface area contributed by atoms with Gasteiger partial charge in [0, 0.05) is 0 Å². The first-order valence-corrected chi connectivity index (χ1v) is 7.42. The van der Waals surface area contributed by atoms with Gasteiger partial charge in [-0.3, -0.25) is 0 Å². The number of rotatable bonds is 5. The van der Waals surface area contributed by atoms with Gasteiger partial charge in [0.25, 0.3) is 0 Å². The largest absolute Gasteiger partial charge is 0.497 e. The number of thiophene rings is 1. The van der Waals surface area contributed by atoms with Gasteiger partial charge >= 0.3 is 0 Å². The van der Waals surface area contributed by atoms with Crippen molar-refractivity contribution in [1.82, 2.24) is 0 Å². The van der Waals surface area contributed by atoms with Crippen LogP contribution < -0.4 is 9.47 Å². The Labute approximate surface area is 120 Å². The molecular weight excluding hydrogens is 312 g/mol. The highest BCUT2D eigenvalue weighted by Crippen LogP contribution is 2.38. The van der Waals surface area contributed by atoms with E-state index in [4.69, 9.17) is 9.47 Å². The molecule has 2 nitrogen and oxygen atoms in total. The maximum absolute atomic E-state index is 5.34. The quantitative estimate of drug-likeness (QED) is 0.756. The van der Waals surface area contributed by atoms with Crippen LogP contribution in [0.15, 0.2) is 35.7 Å². The molecule has 1 aromatic carbocycles. The summed E-state index contributed by atoms with van der Waals surface area (Å²) >= 11 is 5.44. The van der Waals surface area contributed by atoms with E-state index in [1.54, 1.807) is 25.6 Å². The first kappa shape index (κ1) is 13.4. The third kappa shape index (κ3) is 3.06. The Hall–Kier alpha value is -1.00. The first-order valence-electron chi connectivity index (χ1n) is 5.63. The van der Waals surface area contributed by atoms with E-state index in [2.05, 4.69) is 28.1 Å². The van der Waals surface area contributed by atoms with Crippen LogP contribution in [0.1, 0.15) is 15.3 Å². The van der Waals surface area contributed by atoms with Crippen LogP contribution in [0.4, 0.5) is 0 Å². The fourth-order valence-electron chi connectivity index (χ4n) is 1.81. The van der Waals surface area contributed by atoms with Gasteiger partial charge < -0.3 is 9.47 Å². The second-order valence-corrected chi connectivity index (χ2v) is 5.93. The minimum Gasteiger partial charge on any atom is -0.497 e. The number of alkyl halides is 1. The average molecular weight is 327 g/mol. The van der Waals surface area contributed by atoms with Crippen LogP contribution in [0.2, 0.25) is 0 Å². The Bertz CT molecular complexity index is 510. The molecule has 1 aromatic heterocycles. The van der Waals surface area contributed by atoms with Gasteiger partial charge in [-0.15, -0.1) is 11.3 Å². The van der Waals surface area contributed by atoms with Crippen molar-refractivity contribution in [3.8, 4) is 11.5 Å². The highest BCUT2D eigenvalue weighted by molar-refractivity contribution is 9.09. The lowest BCUT2D eigenvalue weighted by Gasteiger charge is -2.11. The van der Waals surface area contributed by atoms with Gasteiger partial charge in [0.2, 0.25) is 0 Å². The van der Waals surface area contributed by atoms with Crippen molar-refractivity contribution in [3.05, 3.63) is 46.2 Å². The van der Waals surface area contributed by atoms with E-state index in [0.717, 1.165) is 17.9 Å². The van der Waals surface area contributed by atoms with Crippen LogP contribution in [0.25, 0.3) is 0 Å².